The van der Waals surface area contributed by atoms with Crippen molar-refractivity contribution < 1.29 is 0 Å². The molecule has 1 heterocycles. The van der Waals surface area contributed by atoms with Gasteiger partial charge < -0.3 is 11.1 Å². The first-order valence-corrected chi connectivity index (χ1v) is 6.31. The minimum atomic E-state index is 0.194. The minimum absolute atomic E-state index is 0.194. The lowest BCUT2D eigenvalue weighted by molar-refractivity contribution is 0.745. The molecule has 1 aromatic carbocycles. The number of nitrogens with zero attached hydrogens (tertiary/aromatic N) is 1. The minimum Gasteiger partial charge on any atom is -0.397 e. The molecule has 3 nitrogen and oxygen atoms in total. The number of nitrogens with two attached hydrogens (primary N) is 1. The first-order valence-electron chi connectivity index (χ1n) is 5.93. The van der Waals surface area contributed by atoms with Crippen molar-refractivity contribution in [1.29, 1.82) is 0 Å². The van der Waals surface area contributed by atoms with E-state index >= 15 is 0 Å². The molecule has 2 aromatic rings. The molecule has 0 aliphatic carbocycles. The number of hydrogen-bond donors (Lipinski definition) is 2. The van der Waals surface area contributed by atoms with Gasteiger partial charge in [0.15, 0.2) is 0 Å². The van der Waals surface area contributed by atoms with Crippen LogP contribution in [0.3, 0.4) is 0 Å². The van der Waals surface area contributed by atoms with Gasteiger partial charge in [0, 0.05) is 0 Å². The molecule has 4 heteroatoms. The Kier molecular flexibility index (Phi) is 4.05. The van der Waals surface area contributed by atoms with E-state index < -0.39 is 0 Å². The van der Waals surface area contributed by atoms with Crippen molar-refractivity contribution in [2.45, 2.75) is 19.4 Å². The summed E-state index contributed by atoms with van der Waals surface area (Å²) in [6.07, 6.45) is 2.55. The molecule has 0 aliphatic rings. The van der Waals surface area contributed by atoms with Crippen molar-refractivity contribution in [3.8, 4) is 0 Å². The highest BCUT2D eigenvalue weighted by Crippen LogP contribution is 2.27. The Morgan fingerprint density at radius 1 is 1.33 bits per heavy atom. The maximum Gasteiger partial charge on any atom is 0.145 e. The van der Waals surface area contributed by atoms with Gasteiger partial charge in [0.1, 0.15) is 5.82 Å². The van der Waals surface area contributed by atoms with E-state index in [0.29, 0.717) is 16.5 Å². The van der Waals surface area contributed by atoms with Crippen LogP contribution in [0.4, 0.5) is 11.5 Å². The van der Waals surface area contributed by atoms with E-state index in [1.165, 1.54) is 5.56 Å². The lowest BCUT2D eigenvalue weighted by Gasteiger charge is -2.18. The van der Waals surface area contributed by atoms with Gasteiger partial charge in [-0.2, -0.15) is 0 Å². The lowest BCUT2D eigenvalue weighted by atomic mass is 10.0. The average molecular weight is 262 g/mol. The summed E-state index contributed by atoms with van der Waals surface area (Å²) in [4.78, 5) is 4.22. The van der Waals surface area contributed by atoms with Crippen molar-refractivity contribution in [3.63, 3.8) is 0 Å². The molecule has 3 N–H and O–H groups in total. The first-order chi connectivity index (χ1) is 8.70. The van der Waals surface area contributed by atoms with Gasteiger partial charge in [-0.1, -0.05) is 48.9 Å². The first kappa shape index (κ1) is 12.7. The molecule has 18 heavy (non-hydrogen) atoms. The number of nitrogen functional groups attached to an aromatic ring is 1. The molecule has 1 aromatic heterocycles. The molecule has 0 spiro atoms. The zero-order valence-electron chi connectivity index (χ0n) is 10.2. The number of aromatic nitrogens is 1. The molecule has 0 radical (unpaired) electrons. The van der Waals surface area contributed by atoms with Gasteiger partial charge in [-0.25, -0.2) is 4.98 Å². The highest BCUT2D eigenvalue weighted by molar-refractivity contribution is 6.33. The predicted octanol–water partition coefficient (Wildman–Crippen LogP) is 3.88. The molecule has 94 valence electrons. The third kappa shape index (κ3) is 2.93. The molecule has 2 rings (SSSR count). The van der Waals surface area contributed by atoms with E-state index in [0.717, 1.165) is 6.42 Å². The van der Waals surface area contributed by atoms with Gasteiger partial charge in [0.25, 0.3) is 0 Å². The van der Waals surface area contributed by atoms with Gasteiger partial charge in [-0.15, -0.1) is 0 Å². The Labute approximate surface area is 112 Å². The molecule has 0 amide bonds. The third-order valence-electron chi connectivity index (χ3n) is 2.78. The van der Waals surface area contributed by atoms with Gasteiger partial charge in [0.05, 0.1) is 22.9 Å². The third-order valence-corrected chi connectivity index (χ3v) is 3.07. The summed E-state index contributed by atoms with van der Waals surface area (Å²) in [6, 6.07) is 12.1. The molecule has 0 aliphatic heterocycles. The topological polar surface area (TPSA) is 50.9 Å². The van der Waals surface area contributed by atoms with Crippen LogP contribution >= 0.6 is 11.6 Å². The molecule has 0 saturated carbocycles. The summed E-state index contributed by atoms with van der Waals surface area (Å²) in [5.74, 6) is 0.668. The van der Waals surface area contributed by atoms with Crippen LogP contribution in [-0.2, 0) is 0 Å². The van der Waals surface area contributed by atoms with Crippen LogP contribution in [0.25, 0.3) is 0 Å². The second-order valence-corrected chi connectivity index (χ2v) is 4.52. The SMILES string of the molecule is CCC(Nc1ncc(N)cc1Cl)c1ccccc1. The van der Waals surface area contributed by atoms with Crippen LogP contribution in [-0.4, -0.2) is 4.98 Å². The van der Waals surface area contributed by atoms with Crippen LogP contribution in [0.5, 0.6) is 0 Å². The smallest absolute Gasteiger partial charge is 0.145 e. The van der Waals surface area contributed by atoms with Crippen LogP contribution in [0, 0.1) is 0 Å². The molecule has 0 saturated heterocycles. The van der Waals surface area contributed by atoms with Crippen molar-refractivity contribution in [1.82, 2.24) is 4.98 Å². The highest BCUT2D eigenvalue weighted by Gasteiger charge is 2.11. The maximum absolute atomic E-state index is 6.11. The zero-order valence-corrected chi connectivity index (χ0v) is 11.0. The van der Waals surface area contributed by atoms with Gasteiger partial charge in [-0.05, 0) is 18.1 Å². The van der Waals surface area contributed by atoms with Crippen LogP contribution in [0.15, 0.2) is 42.6 Å². The Hall–Kier alpha value is -1.74. The summed E-state index contributed by atoms with van der Waals surface area (Å²) in [5, 5.41) is 3.89. The summed E-state index contributed by atoms with van der Waals surface area (Å²) < 4.78 is 0. The summed E-state index contributed by atoms with van der Waals surface area (Å²) in [5.41, 5.74) is 7.41. The number of anilines is 2. The molecular formula is C14H16ClN3. The van der Waals surface area contributed by atoms with E-state index in [1.54, 1.807) is 12.3 Å². The second-order valence-electron chi connectivity index (χ2n) is 4.11. The Bertz CT molecular complexity index is 514. The van der Waals surface area contributed by atoms with Crippen molar-refractivity contribution in [2.24, 2.45) is 0 Å². The number of halogens is 1. The van der Waals surface area contributed by atoms with Crippen molar-refractivity contribution in [2.75, 3.05) is 11.1 Å². The van der Waals surface area contributed by atoms with E-state index in [1.807, 2.05) is 18.2 Å². The largest absolute Gasteiger partial charge is 0.397 e. The van der Waals surface area contributed by atoms with E-state index in [-0.39, 0.29) is 6.04 Å². The van der Waals surface area contributed by atoms with Crippen molar-refractivity contribution in [3.05, 3.63) is 53.2 Å². The molecule has 0 bridgehead atoms. The second kappa shape index (κ2) is 5.74. The molecule has 1 atom stereocenters. The number of benzene rings is 1. The predicted molar refractivity (Wildman–Crippen MR) is 76.8 cm³/mol. The monoisotopic (exact) mass is 261 g/mol. The zero-order chi connectivity index (χ0) is 13.0. The fraction of sp³-hybridized carbons (Fsp3) is 0.214. The maximum atomic E-state index is 6.11. The fourth-order valence-corrected chi connectivity index (χ4v) is 2.06. The number of rotatable bonds is 4. The quantitative estimate of drug-likeness (QED) is 0.878. The van der Waals surface area contributed by atoms with Crippen LogP contribution in [0.1, 0.15) is 24.9 Å². The number of pyridine rings is 1. The molecule has 1 unspecified atom stereocenters. The Balaban J connectivity index is 2.21. The standard InChI is InChI=1S/C14H16ClN3/c1-2-13(10-6-4-3-5-7-10)18-14-12(15)8-11(16)9-17-14/h3-9,13H,2,16H2,1H3,(H,17,18). The number of hydrogen-bond acceptors (Lipinski definition) is 3. The van der Waals surface area contributed by atoms with Gasteiger partial charge in [-0.3, -0.25) is 0 Å². The molecular weight excluding hydrogens is 246 g/mol. The fourth-order valence-electron chi connectivity index (χ4n) is 1.83. The molecule has 0 fully saturated rings. The summed E-state index contributed by atoms with van der Waals surface area (Å²) in [7, 11) is 0. The summed E-state index contributed by atoms with van der Waals surface area (Å²) >= 11 is 6.11. The van der Waals surface area contributed by atoms with Crippen molar-refractivity contribution >= 4 is 23.1 Å². The van der Waals surface area contributed by atoms with E-state index in [2.05, 4.69) is 29.4 Å². The normalized spacial score (nSPS) is 12.1. The average Bonchev–Trinajstić information content (AvgIpc) is 2.39. The van der Waals surface area contributed by atoms with Crippen LogP contribution < -0.4 is 11.1 Å². The summed E-state index contributed by atoms with van der Waals surface area (Å²) in [6.45, 7) is 2.12. The highest BCUT2D eigenvalue weighted by atomic mass is 35.5. The number of nitrogens with one attached hydrogen (secondary N) is 1. The van der Waals surface area contributed by atoms with E-state index in [4.69, 9.17) is 17.3 Å². The lowest BCUT2D eigenvalue weighted by Crippen LogP contribution is -2.11. The Morgan fingerprint density at radius 2 is 2.06 bits per heavy atom. The van der Waals surface area contributed by atoms with E-state index in [9.17, 15) is 0 Å². The Morgan fingerprint density at radius 3 is 2.67 bits per heavy atom. The van der Waals surface area contributed by atoms with Gasteiger partial charge >= 0.3 is 0 Å². The van der Waals surface area contributed by atoms with Gasteiger partial charge in [0.2, 0.25) is 0 Å². The van der Waals surface area contributed by atoms with Crippen LogP contribution in [0.2, 0.25) is 5.02 Å².